The third-order valence-electron chi connectivity index (χ3n) is 0. The second-order valence-electron chi connectivity index (χ2n) is 0.600. The zero-order valence-corrected chi connectivity index (χ0v) is 9.81. The van der Waals surface area contributed by atoms with E-state index < -0.39 is 9.05 Å². The summed E-state index contributed by atoms with van der Waals surface area (Å²) in [6.45, 7) is 0. The van der Waals surface area contributed by atoms with Crippen molar-refractivity contribution in [2.45, 2.75) is 0 Å². The second kappa shape index (κ2) is 22.5. The normalized spacial score (nSPS) is 5.45. The van der Waals surface area contributed by atoms with Crippen molar-refractivity contribution in [3.63, 3.8) is 0 Å². The average Bonchev–Trinajstić information content (AvgIpc) is 0.722. The molecule has 0 rings (SSSR count). The molecule has 0 aliphatic rings. The van der Waals surface area contributed by atoms with Crippen LogP contribution < -0.4 is 29.6 Å². The van der Waals surface area contributed by atoms with E-state index in [1.54, 1.807) is 0 Å². The van der Waals surface area contributed by atoms with Gasteiger partial charge in [-0.3, -0.25) is 0 Å². The molecule has 0 radical (unpaired) electrons. The van der Waals surface area contributed by atoms with Crippen LogP contribution in [0.3, 0.4) is 0 Å². The molecule has 0 aromatic heterocycles. The van der Waals surface area contributed by atoms with Crippen molar-refractivity contribution < 1.29 is 70.6 Å². The second-order valence-corrected chi connectivity index (χ2v) is 1.80. The van der Waals surface area contributed by atoms with Gasteiger partial charge in [0.25, 0.3) is 0 Å². The summed E-state index contributed by atoms with van der Waals surface area (Å²) in [4.78, 5) is 29.3. The van der Waals surface area contributed by atoms with Crippen molar-refractivity contribution in [1.29, 1.82) is 0 Å². The smallest absolute Gasteiger partial charge is 0.870 e. The number of rotatable bonds is 0. The summed E-state index contributed by atoms with van der Waals surface area (Å²) in [7, 11) is -4.61. The van der Waals surface area contributed by atoms with E-state index in [0.717, 1.165) is 0 Å². The van der Waals surface area contributed by atoms with Crippen molar-refractivity contribution in [2.24, 2.45) is 0 Å². The van der Waals surface area contributed by atoms with Crippen LogP contribution in [0.5, 0.6) is 0 Å². The Balaban J connectivity index is -0.00000000533. The molecule has 0 amide bonds. The molecule has 0 unspecified atom stereocenters. The maximum Gasteiger partial charge on any atom is 3.00 e. The summed E-state index contributed by atoms with van der Waals surface area (Å²) < 4.78 is 0. The van der Waals surface area contributed by atoms with E-state index in [2.05, 4.69) is 0 Å². The van der Waals surface area contributed by atoms with Gasteiger partial charge in [0.1, 0.15) is 0 Å². The molecular weight excluding hydrogens is 206 g/mol. The van der Waals surface area contributed by atoms with Gasteiger partial charge >= 0.3 is 56.0 Å². The molecular formula is H8AlNaO8Si. The van der Waals surface area contributed by atoms with E-state index in [9.17, 15) is 0 Å². The molecule has 0 fully saturated rings. The maximum atomic E-state index is 7.33. The van der Waals surface area contributed by atoms with Crippen LogP contribution in [0.25, 0.3) is 0 Å². The molecule has 0 aliphatic heterocycles. The largest absolute Gasteiger partial charge is 3.00 e. The molecule has 0 saturated carbocycles. The van der Waals surface area contributed by atoms with Gasteiger partial charge in [0.15, 0.2) is 0 Å². The predicted molar refractivity (Wildman–Crippen MR) is 28.1 cm³/mol. The van der Waals surface area contributed by atoms with E-state index in [0.29, 0.717) is 0 Å². The molecule has 0 heterocycles. The standard InChI is InChI=1S/Al.Na.H4O4Si.4H2O/c;;1-5(2,3)4;;;;/h;;1-4H;4*1H2/q+3;+1;;;;;/p-4. The molecule has 0 bridgehead atoms. The Morgan fingerprint density at radius 3 is 0.636 bits per heavy atom. The van der Waals surface area contributed by atoms with Crippen molar-refractivity contribution in [3.05, 3.63) is 0 Å². The zero-order valence-electron chi connectivity index (χ0n) is 5.66. The Labute approximate surface area is 96.6 Å². The predicted octanol–water partition coefficient (Wildman–Crippen LogP) is -6.69. The van der Waals surface area contributed by atoms with E-state index in [4.69, 9.17) is 19.2 Å². The first-order valence-electron chi connectivity index (χ1n) is 0.894. The monoisotopic (exact) mass is 214 g/mol. The Kier molecular flexibility index (Phi) is 113. The van der Waals surface area contributed by atoms with Gasteiger partial charge in [0.05, 0.1) is 0 Å². The van der Waals surface area contributed by atoms with Crippen LogP contribution >= 0.6 is 0 Å². The third-order valence-corrected chi connectivity index (χ3v) is 0. The van der Waals surface area contributed by atoms with Gasteiger partial charge in [0.2, 0.25) is 0 Å². The quantitative estimate of drug-likeness (QED) is 0.284. The number of hydrogen-bond donors (Lipinski definition) is 4. The van der Waals surface area contributed by atoms with Gasteiger partial charge in [-0.2, -0.15) is 0 Å². The fraction of sp³-hybridized carbons (Fsp3) is 0. The van der Waals surface area contributed by atoms with Crippen LogP contribution in [-0.2, 0) is 0 Å². The average molecular weight is 214 g/mol. The minimum absolute atomic E-state index is 0. The minimum Gasteiger partial charge on any atom is -0.870 e. The van der Waals surface area contributed by atoms with Crippen LogP contribution in [0.1, 0.15) is 0 Å². The number of hydrogen-bond acceptors (Lipinski definition) is 8. The molecule has 11 heteroatoms. The summed E-state index contributed by atoms with van der Waals surface area (Å²) in [5.74, 6) is 0. The molecule has 0 aromatic rings. The minimum atomic E-state index is -4.61. The first kappa shape index (κ1) is 55.1. The topological polar surface area (TPSA) is 201 Å². The van der Waals surface area contributed by atoms with Crippen LogP contribution in [0.15, 0.2) is 0 Å². The fourth-order valence-corrected chi connectivity index (χ4v) is 0. The molecule has 0 saturated heterocycles. The van der Waals surface area contributed by atoms with Crippen molar-refractivity contribution in [3.8, 4) is 0 Å². The van der Waals surface area contributed by atoms with E-state index >= 15 is 0 Å². The van der Waals surface area contributed by atoms with Crippen LogP contribution in [0.2, 0.25) is 0 Å². The molecule has 8 nitrogen and oxygen atoms in total. The molecule has 0 aromatic carbocycles. The van der Waals surface area contributed by atoms with Crippen LogP contribution in [-0.4, -0.2) is 67.5 Å². The van der Waals surface area contributed by atoms with Gasteiger partial charge in [0, 0.05) is 0 Å². The van der Waals surface area contributed by atoms with Crippen molar-refractivity contribution in [1.82, 2.24) is 0 Å². The van der Waals surface area contributed by atoms with E-state index in [-0.39, 0.29) is 68.8 Å². The molecule has 11 heavy (non-hydrogen) atoms. The van der Waals surface area contributed by atoms with Gasteiger partial charge in [-0.25, -0.2) is 0 Å². The fourth-order valence-electron chi connectivity index (χ4n) is 0. The first-order valence-corrected chi connectivity index (χ1v) is 2.68. The summed E-state index contributed by atoms with van der Waals surface area (Å²) >= 11 is 0. The maximum absolute atomic E-state index is 7.33. The van der Waals surface area contributed by atoms with E-state index in [1.807, 2.05) is 0 Å². The molecule has 0 aliphatic carbocycles. The Morgan fingerprint density at radius 2 is 0.636 bits per heavy atom. The van der Waals surface area contributed by atoms with Crippen LogP contribution in [0.4, 0.5) is 0 Å². The van der Waals surface area contributed by atoms with Gasteiger partial charge in [-0.05, 0) is 0 Å². The zero-order chi connectivity index (χ0) is 4.50. The first-order chi connectivity index (χ1) is 2.00. The summed E-state index contributed by atoms with van der Waals surface area (Å²) in [5.41, 5.74) is 0. The Morgan fingerprint density at radius 1 is 0.636 bits per heavy atom. The Hall–Kier alpha value is 1.43. The van der Waals surface area contributed by atoms with Crippen LogP contribution in [0, 0.1) is 0 Å². The summed E-state index contributed by atoms with van der Waals surface area (Å²) in [6, 6.07) is 0. The molecule has 64 valence electrons. The van der Waals surface area contributed by atoms with Gasteiger partial charge in [-0.1, -0.05) is 0 Å². The molecule has 0 atom stereocenters. The summed E-state index contributed by atoms with van der Waals surface area (Å²) in [5, 5.41) is 0. The Bertz CT molecular complexity index is 29.6. The van der Waals surface area contributed by atoms with Crippen molar-refractivity contribution in [2.75, 3.05) is 0 Å². The molecule has 8 N–H and O–H groups in total. The SMILES string of the molecule is O[Si](O)(O)O.[Al+3].[Na+].[OH-].[OH-].[OH-].[OH-]. The van der Waals surface area contributed by atoms with Crippen molar-refractivity contribution >= 4 is 26.4 Å². The third kappa shape index (κ3) is 497. The molecule has 0 spiro atoms. The van der Waals surface area contributed by atoms with Gasteiger partial charge in [-0.15, -0.1) is 0 Å². The van der Waals surface area contributed by atoms with Gasteiger partial charge < -0.3 is 41.1 Å². The summed E-state index contributed by atoms with van der Waals surface area (Å²) in [6.07, 6.45) is 0. The van der Waals surface area contributed by atoms with E-state index in [1.165, 1.54) is 0 Å².